The molecule has 0 saturated heterocycles. The van der Waals surface area contributed by atoms with E-state index in [2.05, 4.69) is 0 Å². The molecule has 0 spiro atoms. The summed E-state index contributed by atoms with van der Waals surface area (Å²) in [6.45, 7) is 0.0421. The molecular formula is C10H11FN2O2. The molecule has 1 aliphatic heterocycles. The van der Waals surface area contributed by atoms with Crippen LogP contribution in [0, 0.1) is 5.82 Å². The number of carbonyl (C=O) groups excluding carboxylic acids is 1. The van der Waals surface area contributed by atoms with E-state index in [1.165, 1.54) is 23.1 Å². The summed E-state index contributed by atoms with van der Waals surface area (Å²) < 4.78 is 12.9. The molecule has 1 heterocycles. The van der Waals surface area contributed by atoms with Crippen molar-refractivity contribution in [1.82, 2.24) is 0 Å². The smallest absolute Gasteiger partial charge is 0.248 e. The lowest BCUT2D eigenvalue weighted by molar-refractivity contribution is -0.119. The largest absolute Gasteiger partial charge is 0.395 e. The number of nitrogens with zero attached hydrogens (tertiary/aromatic N) is 1. The molecule has 80 valence electrons. The van der Waals surface area contributed by atoms with Gasteiger partial charge in [-0.3, -0.25) is 4.79 Å². The van der Waals surface area contributed by atoms with Gasteiger partial charge in [0.2, 0.25) is 5.91 Å². The first-order valence-corrected chi connectivity index (χ1v) is 4.62. The van der Waals surface area contributed by atoms with Crippen molar-refractivity contribution in [3.63, 3.8) is 0 Å². The van der Waals surface area contributed by atoms with Crippen LogP contribution in [0.4, 0.5) is 10.1 Å². The molecule has 0 aliphatic carbocycles. The topological polar surface area (TPSA) is 66.6 Å². The fraction of sp³-hybridized carbons (Fsp3) is 0.300. The number of aliphatic hydroxyl groups is 1. The number of β-amino-alcohol motifs (C(OH)–C–C–N with tert-alkyl or cyclic N) is 1. The van der Waals surface area contributed by atoms with Gasteiger partial charge in [0, 0.05) is 17.8 Å². The lowest BCUT2D eigenvalue weighted by Gasteiger charge is -2.15. The number of carbonyl (C=O) groups is 1. The van der Waals surface area contributed by atoms with Crippen molar-refractivity contribution < 1.29 is 14.3 Å². The summed E-state index contributed by atoms with van der Waals surface area (Å²) in [5.74, 6) is -0.715. The van der Waals surface area contributed by atoms with Crippen LogP contribution < -0.4 is 10.6 Å². The number of hydrogen-bond acceptors (Lipinski definition) is 3. The average Bonchev–Trinajstić information content (AvgIpc) is 2.44. The van der Waals surface area contributed by atoms with E-state index < -0.39 is 11.9 Å². The maximum Gasteiger partial charge on any atom is 0.248 e. The summed E-state index contributed by atoms with van der Waals surface area (Å²) in [5.41, 5.74) is 6.71. The number of fused-ring (bicyclic) bond motifs is 1. The fourth-order valence-electron chi connectivity index (χ4n) is 1.77. The van der Waals surface area contributed by atoms with Gasteiger partial charge in [0.05, 0.1) is 6.61 Å². The van der Waals surface area contributed by atoms with Crippen LogP contribution in [0.3, 0.4) is 0 Å². The second-order valence-corrected chi connectivity index (χ2v) is 3.39. The normalized spacial score (nSPS) is 19.5. The molecule has 0 aromatic heterocycles. The Morgan fingerprint density at radius 3 is 2.93 bits per heavy atom. The van der Waals surface area contributed by atoms with Gasteiger partial charge < -0.3 is 15.7 Å². The van der Waals surface area contributed by atoms with Gasteiger partial charge in [0.15, 0.2) is 0 Å². The zero-order valence-electron chi connectivity index (χ0n) is 7.98. The SMILES string of the molecule is NC1C(=O)N(CCO)c2ccc(F)cc21. The minimum atomic E-state index is -0.817. The van der Waals surface area contributed by atoms with Crippen molar-refractivity contribution in [2.45, 2.75) is 6.04 Å². The lowest BCUT2D eigenvalue weighted by atomic mass is 10.1. The summed E-state index contributed by atoms with van der Waals surface area (Å²) in [7, 11) is 0. The molecule has 0 bridgehead atoms. The summed E-state index contributed by atoms with van der Waals surface area (Å²) in [4.78, 5) is 13.0. The molecule has 5 heteroatoms. The Morgan fingerprint density at radius 2 is 2.27 bits per heavy atom. The lowest BCUT2D eigenvalue weighted by Crippen LogP contribution is -2.33. The molecule has 4 nitrogen and oxygen atoms in total. The molecule has 1 aromatic carbocycles. The third-order valence-corrected chi connectivity index (χ3v) is 2.47. The summed E-state index contributed by atoms with van der Waals surface area (Å²) in [6.07, 6.45) is 0. The van der Waals surface area contributed by atoms with E-state index in [-0.39, 0.29) is 19.1 Å². The molecular weight excluding hydrogens is 199 g/mol. The van der Waals surface area contributed by atoms with Gasteiger partial charge in [-0.15, -0.1) is 0 Å². The van der Waals surface area contributed by atoms with Crippen molar-refractivity contribution in [1.29, 1.82) is 0 Å². The number of rotatable bonds is 2. The van der Waals surface area contributed by atoms with E-state index >= 15 is 0 Å². The van der Waals surface area contributed by atoms with Gasteiger partial charge in [-0.05, 0) is 18.2 Å². The van der Waals surface area contributed by atoms with Crippen LogP contribution in [0.2, 0.25) is 0 Å². The Hall–Kier alpha value is -1.46. The molecule has 1 amide bonds. The maximum atomic E-state index is 12.9. The third kappa shape index (κ3) is 1.49. The van der Waals surface area contributed by atoms with Crippen molar-refractivity contribution >= 4 is 11.6 Å². The van der Waals surface area contributed by atoms with E-state index in [1.807, 2.05) is 0 Å². The Bertz CT molecular complexity index is 408. The van der Waals surface area contributed by atoms with Crippen LogP contribution >= 0.6 is 0 Å². The number of amides is 1. The van der Waals surface area contributed by atoms with Crippen molar-refractivity contribution in [3.8, 4) is 0 Å². The number of halogens is 1. The Morgan fingerprint density at radius 1 is 1.53 bits per heavy atom. The molecule has 1 aromatic rings. The number of benzene rings is 1. The minimum Gasteiger partial charge on any atom is -0.395 e. The predicted octanol–water partition coefficient (Wildman–Crippen LogP) is 0.164. The Labute approximate surface area is 86.1 Å². The van der Waals surface area contributed by atoms with E-state index in [1.54, 1.807) is 0 Å². The van der Waals surface area contributed by atoms with Gasteiger partial charge in [0.25, 0.3) is 0 Å². The first kappa shape index (κ1) is 10.1. The van der Waals surface area contributed by atoms with Crippen LogP contribution in [0.1, 0.15) is 11.6 Å². The van der Waals surface area contributed by atoms with E-state index in [0.717, 1.165) is 0 Å². The quantitative estimate of drug-likeness (QED) is 0.731. The van der Waals surface area contributed by atoms with Crippen LogP contribution in [0.15, 0.2) is 18.2 Å². The molecule has 1 atom stereocenters. The zero-order valence-corrected chi connectivity index (χ0v) is 7.98. The Kier molecular flexibility index (Phi) is 2.42. The molecule has 15 heavy (non-hydrogen) atoms. The van der Waals surface area contributed by atoms with Gasteiger partial charge in [0.1, 0.15) is 11.9 Å². The number of anilines is 1. The molecule has 0 saturated carbocycles. The first-order chi connectivity index (χ1) is 7.15. The highest BCUT2D eigenvalue weighted by Crippen LogP contribution is 2.34. The summed E-state index contributed by atoms with van der Waals surface area (Å²) in [6, 6.07) is 3.22. The first-order valence-electron chi connectivity index (χ1n) is 4.62. The van der Waals surface area contributed by atoms with Crippen LogP contribution in [-0.2, 0) is 4.79 Å². The molecule has 3 N–H and O–H groups in total. The van der Waals surface area contributed by atoms with Crippen molar-refractivity contribution in [2.75, 3.05) is 18.1 Å². The second-order valence-electron chi connectivity index (χ2n) is 3.39. The maximum absolute atomic E-state index is 12.9. The summed E-state index contributed by atoms with van der Waals surface area (Å²) >= 11 is 0. The Balaban J connectivity index is 2.46. The highest BCUT2D eigenvalue weighted by atomic mass is 19.1. The minimum absolute atomic E-state index is 0.144. The number of nitrogens with two attached hydrogens (primary N) is 1. The number of hydrogen-bond donors (Lipinski definition) is 2. The van der Waals surface area contributed by atoms with E-state index in [0.29, 0.717) is 11.3 Å². The molecule has 2 rings (SSSR count). The molecule has 1 aliphatic rings. The second kappa shape index (κ2) is 3.60. The van der Waals surface area contributed by atoms with Gasteiger partial charge in [-0.25, -0.2) is 4.39 Å². The molecule has 0 radical (unpaired) electrons. The average molecular weight is 210 g/mol. The third-order valence-electron chi connectivity index (χ3n) is 2.47. The van der Waals surface area contributed by atoms with Gasteiger partial charge >= 0.3 is 0 Å². The van der Waals surface area contributed by atoms with Crippen molar-refractivity contribution in [3.05, 3.63) is 29.6 Å². The highest BCUT2D eigenvalue weighted by Gasteiger charge is 2.34. The standard InChI is InChI=1S/C10H11FN2O2/c11-6-1-2-8-7(5-6)9(12)10(15)13(8)3-4-14/h1-2,5,9,14H,3-4,12H2. The monoisotopic (exact) mass is 210 g/mol. The molecule has 0 fully saturated rings. The zero-order chi connectivity index (χ0) is 11.0. The fourth-order valence-corrected chi connectivity index (χ4v) is 1.77. The van der Waals surface area contributed by atoms with Crippen molar-refractivity contribution in [2.24, 2.45) is 5.73 Å². The predicted molar refractivity (Wildman–Crippen MR) is 52.8 cm³/mol. The summed E-state index contributed by atoms with van der Waals surface area (Å²) in [5, 5.41) is 8.80. The van der Waals surface area contributed by atoms with Crippen LogP contribution in [-0.4, -0.2) is 24.2 Å². The van der Waals surface area contributed by atoms with E-state index in [4.69, 9.17) is 10.8 Å². The number of aliphatic hydroxyl groups excluding tert-OH is 1. The molecule has 1 unspecified atom stereocenters. The van der Waals surface area contributed by atoms with Crippen LogP contribution in [0.25, 0.3) is 0 Å². The van der Waals surface area contributed by atoms with E-state index in [9.17, 15) is 9.18 Å². The van der Waals surface area contributed by atoms with Crippen LogP contribution in [0.5, 0.6) is 0 Å². The van der Waals surface area contributed by atoms with Gasteiger partial charge in [-0.1, -0.05) is 0 Å². The van der Waals surface area contributed by atoms with Gasteiger partial charge in [-0.2, -0.15) is 0 Å². The highest BCUT2D eigenvalue weighted by molar-refractivity contribution is 6.04.